The molecule has 1 aromatic carbocycles. The van der Waals surface area contributed by atoms with Crippen LogP contribution in [0.4, 0.5) is 0 Å². The molecule has 3 rings (SSSR count). The number of nitrogens with zero attached hydrogens (tertiary/aromatic N) is 2. The van der Waals surface area contributed by atoms with Crippen LogP contribution in [-0.4, -0.2) is 16.6 Å². The van der Waals surface area contributed by atoms with Crippen LogP contribution in [0.25, 0.3) is 11.4 Å². The van der Waals surface area contributed by atoms with Crippen molar-refractivity contribution >= 4 is 0 Å². The van der Waals surface area contributed by atoms with Crippen LogP contribution in [0.3, 0.4) is 0 Å². The summed E-state index contributed by atoms with van der Waals surface area (Å²) in [6.07, 6.45) is 24.0. The first kappa shape index (κ1) is 25.7. The first-order chi connectivity index (χ1) is 16.3. The van der Waals surface area contributed by atoms with E-state index in [1.54, 1.807) is 0 Å². The Labute approximate surface area is 202 Å². The highest BCUT2D eigenvalue weighted by Gasteiger charge is 2.19. The maximum atomic E-state index is 5.92. The van der Waals surface area contributed by atoms with Crippen LogP contribution in [0, 0.1) is 11.8 Å². The van der Waals surface area contributed by atoms with E-state index in [-0.39, 0.29) is 0 Å². The lowest BCUT2D eigenvalue weighted by Gasteiger charge is -2.27. The topological polar surface area (TPSA) is 35.0 Å². The molecule has 1 aliphatic carbocycles. The largest absolute Gasteiger partial charge is 0.494 e. The summed E-state index contributed by atoms with van der Waals surface area (Å²) in [4.78, 5) is 9.28. The Bertz CT molecular complexity index is 748. The quantitative estimate of drug-likeness (QED) is 0.254. The van der Waals surface area contributed by atoms with Crippen molar-refractivity contribution in [3.63, 3.8) is 0 Å². The molecule has 0 spiro atoms. The smallest absolute Gasteiger partial charge is 0.159 e. The second kappa shape index (κ2) is 15.1. The van der Waals surface area contributed by atoms with Gasteiger partial charge in [0.1, 0.15) is 5.75 Å². The average Bonchev–Trinajstić information content (AvgIpc) is 2.87. The van der Waals surface area contributed by atoms with Gasteiger partial charge >= 0.3 is 0 Å². The van der Waals surface area contributed by atoms with E-state index in [0.29, 0.717) is 0 Å². The van der Waals surface area contributed by atoms with Crippen molar-refractivity contribution in [3.8, 4) is 17.1 Å². The predicted molar refractivity (Wildman–Crippen MR) is 140 cm³/mol. The summed E-state index contributed by atoms with van der Waals surface area (Å²) in [5.74, 6) is 3.62. The molecule has 0 unspecified atom stereocenters. The molecule has 3 nitrogen and oxygen atoms in total. The van der Waals surface area contributed by atoms with Crippen molar-refractivity contribution in [2.75, 3.05) is 6.61 Å². The molecule has 0 radical (unpaired) electrons. The summed E-state index contributed by atoms with van der Waals surface area (Å²) in [6.45, 7) is 5.41. The van der Waals surface area contributed by atoms with E-state index >= 15 is 0 Å². The molecular weight excluding hydrogens is 404 g/mol. The highest BCUT2D eigenvalue weighted by molar-refractivity contribution is 5.55. The minimum absolute atomic E-state index is 0.803. The van der Waals surface area contributed by atoms with E-state index < -0.39 is 0 Å². The van der Waals surface area contributed by atoms with E-state index in [1.807, 2.05) is 24.5 Å². The average molecular weight is 451 g/mol. The molecule has 3 heteroatoms. The Kier molecular flexibility index (Phi) is 11.8. The second-order valence-corrected chi connectivity index (χ2v) is 10.1. The Balaban J connectivity index is 1.33. The number of ether oxygens (including phenoxy) is 1. The second-order valence-electron chi connectivity index (χ2n) is 10.1. The molecule has 0 atom stereocenters. The zero-order chi connectivity index (χ0) is 23.1. The maximum Gasteiger partial charge on any atom is 0.159 e. The molecule has 0 bridgehead atoms. The molecule has 0 N–H and O–H groups in total. The molecule has 0 saturated heterocycles. The SMILES string of the molecule is CCCCCCCCCCOc1ccc(-c2ncc(CC[C@H]3CC[C@H](CC)CC3)cn2)cc1. The molecule has 2 aromatic rings. The molecule has 1 fully saturated rings. The van der Waals surface area contributed by atoms with Gasteiger partial charge in [0.25, 0.3) is 0 Å². The summed E-state index contributed by atoms with van der Waals surface area (Å²) in [5, 5.41) is 0. The lowest BCUT2D eigenvalue weighted by atomic mass is 9.79. The van der Waals surface area contributed by atoms with Gasteiger partial charge in [-0.25, -0.2) is 9.97 Å². The first-order valence-corrected chi connectivity index (χ1v) is 13.8. The van der Waals surface area contributed by atoms with E-state index in [4.69, 9.17) is 4.74 Å². The predicted octanol–water partition coefficient (Wildman–Crippen LogP) is 8.81. The lowest BCUT2D eigenvalue weighted by Crippen LogP contribution is -2.14. The molecule has 1 aliphatic rings. The number of rotatable bonds is 15. The van der Waals surface area contributed by atoms with Crippen LogP contribution >= 0.6 is 0 Å². The number of aryl methyl sites for hydroxylation is 1. The molecule has 1 heterocycles. The fourth-order valence-corrected chi connectivity index (χ4v) is 5.06. The van der Waals surface area contributed by atoms with E-state index in [9.17, 15) is 0 Å². The molecular formula is C30H46N2O. The fraction of sp³-hybridized carbons (Fsp3) is 0.667. The summed E-state index contributed by atoms with van der Waals surface area (Å²) in [7, 11) is 0. The van der Waals surface area contributed by atoms with Crippen LogP contribution in [-0.2, 0) is 6.42 Å². The lowest BCUT2D eigenvalue weighted by molar-refractivity contribution is 0.258. The zero-order valence-corrected chi connectivity index (χ0v) is 21.2. The number of hydrogen-bond acceptors (Lipinski definition) is 3. The van der Waals surface area contributed by atoms with Crippen molar-refractivity contribution in [1.82, 2.24) is 9.97 Å². The molecule has 1 saturated carbocycles. The number of unbranched alkanes of at least 4 members (excludes halogenated alkanes) is 7. The molecule has 1 aromatic heterocycles. The van der Waals surface area contributed by atoms with Crippen LogP contribution < -0.4 is 4.74 Å². The minimum atomic E-state index is 0.803. The molecule has 33 heavy (non-hydrogen) atoms. The van der Waals surface area contributed by atoms with Gasteiger partial charge in [-0.3, -0.25) is 0 Å². The van der Waals surface area contributed by atoms with Crippen LogP contribution in [0.1, 0.15) is 109 Å². The number of hydrogen-bond donors (Lipinski definition) is 0. The van der Waals surface area contributed by atoms with Crippen molar-refractivity contribution in [3.05, 3.63) is 42.2 Å². The summed E-state index contributed by atoms with van der Waals surface area (Å²) >= 11 is 0. The van der Waals surface area contributed by atoms with Crippen molar-refractivity contribution in [2.45, 2.75) is 110 Å². The summed E-state index contributed by atoms with van der Waals surface area (Å²) < 4.78 is 5.92. The van der Waals surface area contributed by atoms with Gasteiger partial charge in [0, 0.05) is 18.0 Å². The van der Waals surface area contributed by atoms with Crippen molar-refractivity contribution in [2.24, 2.45) is 11.8 Å². The zero-order valence-electron chi connectivity index (χ0n) is 21.2. The number of aromatic nitrogens is 2. The van der Waals surface area contributed by atoms with Gasteiger partial charge in [0.15, 0.2) is 5.82 Å². The van der Waals surface area contributed by atoms with Crippen LogP contribution in [0.5, 0.6) is 5.75 Å². The van der Waals surface area contributed by atoms with Gasteiger partial charge in [-0.05, 0) is 60.9 Å². The molecule has 182 valence electrons. The van der Waals surface area contributed by atoms with Gasteiger partial charge in [0.05, 0.1) is 6.61 Å². The van der Waals surface area contributed by atoms with Crippen molar-refractivity contribution < 1.29 is 4.74 Å². The molecule has 0 aliphatic heterocycles. The third-order valence-corrected chi connectivity index (χ3v) is 7.47. The third-order valence-electron chi connectivity index (χ3n) is 7.47. The third kappa shape index (κ3) is 9.47. The normalized spacial score (nSPS) is 18.4. The van der Waals surface area contributed by atoms with Gasteiger partial charge in [0.2, 0.25) is 0 Å². The van der Waals surface area contributed by atoms with Crippen LogP contribution in [0.15, 0.2) is 36.7 Å². The van der Waals surface area contributed by atoms with Gasteiger partial charge in [-0.2, -0.15) is 0 Å². The Hall–Kier alpha value is -1.90. The van der Waals surface area contributed by atoms with Gasteiger partial charge < -0.3 is 4.74 Å². The monoisotopic (exact) mass is 450 g/mol. The van der Waals surface area contributed by atoms with Gasteiger partial charge in [-0.1, -0.05) is 90.9 Å². The fourth-order valence-electron chi connectivity index (χ4n) is 5.06. The maximum absolute atomic E-state index is 5.92. The van der Waals surface area contributed by atoms with E-state index in [2.05, 4.69) is 35.9 Å². The number of benzene rings is 1. The Morgan fingerprint density at radius 2 is 1.36 bits per heavy atom. The molecule has 0 amide bonds. The van der Waals surface area contributed by atoms with E-state index in [1.165, 1.54) is 89.0 Å². The van der Waals surface area contributed by atoms with Crippen LogP contribution in [0.2, 0.25) is 0 Å². The first-order valence-electron chi connectivity index (χ1n) is 13.8. The van der Waals surface area contributed by atoms with Gasteiger partial charge in [-0.15, -0.1) is 0 Å². The highest BCUT2D eigenvalue weighted by atomic mass is 16.5. The summed E-state index contributed by atoms with van der Waals surface area (Å²) in [5.41, 5.74) is 2.32. The minimum Gasteiger partial charge on any atom is -0.494 e. The van der Waals surface area contributed by atoms with Crippen molar-refractivity contribution in [1.29, 1.82) is 0 Å². The van der Waals surface area contributed by atoms with E-state index in [0.717, 1.165) is 48.4 Å². The highest BCUT2D eigenvalue weighted by Crippen LogP contribution is 2.33. The Morgan fingerprint density at radius 1 is 0.758 bits per heavy atom. The Morgan fingerprint density at radius 3 is 2.00 bits per heavy atom. The summed E-state index contributed by atoms with van der Waals surface area (Å²) in [6, 6.07) is 8.24. The standard InChI is InChI=1S/C30H46N2O/c1-3-5-6-7-8-9-10-11-22-33-29-20-18-28(19-21-29)30-31-23-27(24-32-30)17-16-26-14-12-25(4-2)13-15-26/h18-21,23-26H,3-17,22H2,1-2H3/t25-,26-.